The van der Waals surface area contributed by atoms with Crippen LogP contribution in [0.15, 0.2) is 42.5 Å². The molecular formula is C16H15FN2O. The fourth-order valence-electron chi connectivity index (χ4n) is 2.53. The number of hydrogen-bond donors (Lipinski definition) is 1. The van der Waals surface area contributed by atoms with Crippen molar-refractivity contribution in [3.05, 3.63) is 65.0 Å². The monoisotopic (exact) mass is 270 g/mol. The van der Waals surface area contributed by atoms with Crippen LogP contribution in [0.3, 0.4) is 0 Å². The van der Waals surface area contributed by atoms with Crippen LogP contribution in [0, 0.1) is 5.82 Å². The highest BCUT2D eigenvalue weighted by Gasteiger charge is 2.21. The number of carbonyl (C=O) groups is 1. The SMILES string of the molecule is Nc1ccc2c(c1)CN(C(=O)c1ccc(F)cc1)CC2. The molecule has 2 aromatic rings. The number of carbonyl (C=O) groups excluding carboxylic acids is 1. The number of rotatable bonds is 1. The van der Waals surface area contributed by atoms with Crippen LogP contribution in [0.25, 0.3) is 0 Å². The molecule has 0 spiro atoms. The molecule has 0 saturated heterocycles. The van der Waals surface area contributed by atoms with Gasteiger partial charge in [0.15, 0.2) is 0 Å². The van der Waals surface area contributed by atoms with Crippen LogP contribution < -0.4 is 5.73 Å². The summed E-state index contributed by atoms with van der Waals surface area (Å²) in [4.78, 5) is 14.2. The Morgan fingerprint density at radius 2 is 1.85 bits per heavy atom. The molecule has 0 saturated carbocycles. The van der Waals surface area contributed by atoms with E-state index in [0.29, 0.717) is 24.3 Å². The highest BCUT2D eigenvalue weighted by Crippen LogP contribution is 2.22. The Kier molecular flexibility index (Phi) is 3.14. The standard InChI is InChI=1S/C16H15FN2O/c17-14-4-1-12(2-5-14)16(20)19-8-7-11-3-6-15(18)9-13(11)10-19/h1-6,9H,7-8,10,18H2. The van der Waals surface area contributed by atoms with Crippen molar-refractivity contribution < 1.29 is 9.18 Å². The van der Waals surface area contributed by atoms with E-state index in [1.807, 2.05) is 18.2 Å². The third-order valence-corrected chi connectivity index (χ3v) is 3.62. The Balaban J connectivity index is 1.82. The molecule has 1 aliphatic heterocycles. The number of amides is 1. The lowest BCUT2D eigenvalue weighted by Gasteiger charge is -2.29. The molecular weight excluding hydrogens is 255 g/mol. The Morgan fingerprint density at radius 1 is 1.10 bits per heavy atom. The summed E-state index contributed by atoms with van der Waals surface area (Å²) in [7, 11) is 0. The molecule has 3 nitrogen and oxygen atoms in total. The molecule has 0 bridgehead atoms. The molecule has 20 heavy (non-hydrogen) atoms. The van der Waals surface area contributed by atoms with Crippen molar-refractivity contribution >= 4 is 11.6 Å². The first kappa shape index (κ1) is 12.7. The van der Waals surface area contributed by atoms with E-state index in [1.165, 1.54) is 29.8 Å². The molecule has 0 radical (unpaired) electrons. The summed E-state index contributed by atoms with van der Waals surface area (Å²) in [6.45, 7) is 1.23. The normalized spacial score (nSPS) is 13.9. The number of hydrogen-bond acceptors (Lipinski definition) is 2. The lowest BCUT2D eigenvalue weighted by molar-refractivity contribution is 0.0734. The van der Waals surface area contributed by atoms with Crippen molar-refractivity contribution in [1.29, 1.82) is 0 Å². The summed E-state index contributed by atoms with van der Waals surface area (Å²) >= 11 is 0. The quantitative estimate of drug-likeness (QED) is 0.810. The zero-order valence-corrected chi connectivity index (χ0v) is 11.0. The molecule has 102 valence electrons. The van der Waals surface area contributed by atoms with Crippen molar-refractivity contribution in [2.75, 3.05) is 12.3 Å². The first-order chi connectivity index (χ1) is 9.63. The van der Waals surface area contributed by atoms with Gasteiger partial charge in [-0.2, -0.15) is 0 Å². The molecule has 1 heterocycles. The largest absolute Gasteiger partial charge is 0.399 e. The molecule has 1 aliphatic rings. The molecule has 1 amide bonds. The third-order valence-electron chi connectivity index (χ3n) is 3.62. The predicted molar refractivity (Wildman–Crippen MR) is 75.7 cm³/mol. The van der Waals surface area contributed by atoms with E-state index in [-0.39, 0.29) is 11.7 Å². The van der Waals surface area contributed by atoms with Gasteiger partial charge in [-0.1, -0.05) is 6.07 Å². The molecule has 0 atom stereocenters. The summed E-state index contributed by atoms with van der Waals surface area (Å²) in [6, 6.07) is 11.5. The summed E-state index contributed by atoms with van der Waals surface area (Å²) < 4.78 is 12.9. The van der Waals surface area contributed by atoms with Crippen molar-refractivity contribution in [2.24, 2.45) is 0 Å². The Hall–Kier alpha value is -2.36. The lowest BCUT2D eigenvalue weighted by atomic mass is 9.98. The van der Waals surface area contributed by atoms with Gasteiger partial charge in [-0.3, -0.25) is 4.79 Å². The second kappa shape index (κ2) is 4.96. The van der Waals surface area contributed by atoms with Crippen LogP contribution in [0.4, 0.5) is 10.1 Å². The van der Waals surface area contributed by atoms with Gasteiger partial charge >= 0.3 is 0 Å². The molecule has 3 rings (SSSR count). The van der Waals surface area contributed by atoms with Crippen LogP contribution in [-0.2, 0) is 13.0 Å². The number of anilines is 1. The van der Waals surface area contributed by atoms with E-state index in [9.17, 15) is 9.18 Å². The minimum atomic E-state index is -0.335. The molecule has 4 heteroatoms. The molecule has 0 aliphatic carbocycles. The number of benzene rings is 2. The summed E-state index contributed by atoms with van der Waals surface area (Å²) in [5.41, 5.74) is 9.33. The Labute approximate surface area is 116 Å². The fraction of sp³-hybridized carbons (Fsp3) is 0.188. The summed E-state index contributed by atoms with van der Waals surface area (Å²) in [5.74, 6) is -0.406. The van der Waals surface area contributed by atoms with E-state index in [2.05, 4.69) is 0 Å². The van der Waals surface area contributed by atoms with E-state index in [1.54, 1.807) is 4.90 Å². The average molecular weight is 270 g/mol. The Bertz CT molecular complexity index is 652. The summed E-state index contributed by atoms with van der Waals surface area (Å²) in [6.07, 6.45) is 0.822. The highest BCUT2D eigenvalue weighted by atomic mass is 19.1. The minimum absolute atomic E-state index is 0.0712. The van der Waals surface area contributed by atoms with E-state index in [4.69, 9.17) is 5.73 Å². The van der Waals surface area contributed by atoms with Gasteiger partial charge in [0, 0.05) is 24.3 Å². The predicted octanol–water partition coefficient (Wildman–Crippen LogP) is 2.61. The maximum absolute atomic E-state index is 12.9. The zero-order chi connectivity index (χ0) is 14.1. The van der Waals surface area contributed by atoms with Gasteiger partial charge in [-0.25, -0.2) is 4.39 Å². The first-order valence-electron chi connectivity index (χ1n) is 6.55. The number of nitrogens with zero attached hydrogens (tertiary/aromatic N) is 1. The smallest absolute Gasteiger partial charge is 0.254 e. The van der Waals surface area contributed by atoms with Crippen molar-refractivity contribution in [3.8, 4) is 0 Å². The highest BCUT2D eigenvalue weighted by molar-refractivity contribution is 5.94. The van der Waals surface area contributed by atoms with Crippen molar-refractivity contribution in [1.82, 2.24) is 4.90 Å². The van der Waals surface area contributed by atoms with Gasteiger partial charge in [-0.15, -0.1) is 0 Å². The van der Waals surface area contributed by atoms with Gasteiger partial charge in [0.2, 0.25) is 0 Å². The maximum atomic E-state index is 12.9. The van der Waals surface area contributed by atoms with Crippen molar-refractivity contribution in [3.63, 3.8) is 0 Å². The molecule has 2 N–H and O–H groups in total. The number of nitrogen functional groups attached to an aromatic ring is 1. The van der Waals surface area contributed by atoms with Crippen LogP contribution in [0.5, 0.6) is 0 Å². The van der Waals surface area contributed by atoms with Crippen LogP contribution in [0.2, 0.25) is 0 Å². The third kappa shape index (κ3) is 2.37. The maximum Gasteiger partial charge on any atom is 0.254 e. The second-order valence-electron chi connectivity index (χ2n) is 5.01. The number of nitrogens with two attached hydrogens (primary N) is 1. The minimum Gasteiger partial charge on any atom is -0.399 e. The van der Waals surface area contributed by atoms with Crippen LogP contribution >= 0.6 is 0 Å². The van der Waals surface area contributed by atoms with Gasteiger partial charge < -0.3 is 10.6 Å². The molecule has 0 aromatic heterocycles. The van der Waals surface area contributed by atoms with E-state index >= 15 is 0 Å². The number of fused-ring (bicyclic) bond motifs is 1. The second-order valence-corrected chi connectivity index (χ2v) is 5.01. The topological polar surface area (TPSA) is 46.3 Å². The van der Waals surface area contributed by atoms with Gasteiger partial charge in [0.25, 0.3) is 5.91 Å². The van der Waals surface area contributed by atoms with Gasteiger partial charge in [0.05, 0.1) is 0 Å². The first-order valence-corrected chi connectivity index (χ1v) is 6.55. The molecule has 0 fully saturated rings. The molecule has 0 unspecified atom stereocenters. The van der Waals surface area contributed by atoms with E-state index in [0.717, 1.165) is 12.0 Å². The van der Waals surface area contributed by atoms with Crippen LogP contribution in [-0.4, -0.2) is 17.4 Å². The lowest BCUT2D eigenvalue weighted by Crippen LogP contribution is -2.36. The zero-order valence-electron chi connectivity index (χ0n) is 11.0. The summed E-state index contributed by atoms with van der Waals surface area (Å²) in [5, 5.41) is 0. The van der Waals surface area contributed by atoms with Crippen molar-refractivity contribution in [2.45, 2.75) is 13.0 Å². The Morgan fingerprint density at radius 3 is 2.60 bits per heavy atom. The fourth-order valence-corrected chi connectivity index (χ4v) is 2.53. The van der Waals surface area contributed by atoms with Crippen LogP contribution in [0.1, 0.15) is 21.5 Å². The molecule has 2 aromatic carbocycles. The van der Waals surface area contributed by atoms with Gasteiger partial charge in [-0.05, 0) is 53.9 Å². The number of halogens is 1. The average Bonchev–Trinajstić information content (AvgIpc) is 2.46. The van der Waals surface area contributed by atoms with Gasteiger partial charge in [0.1, 0.15) is 5.82 Å². The van der Waals surface area contributed by atoms with E-state index < -0.39 is 0 Å².